The highest BCUT2D eigenvalue weighted by Gasteiger charge is 2.35. The van der Waals surface area contributed by atoms with Gasteiger partial charge in [0.25, 0.3) is 0 Å². The van der Waals surface area contributed by atoms with Gasteiger partial charge < -0.3 is 14.7 Å². The first-order valence-electron chi connectivity index (χ1n) is 5.26. The van der Waals surface area contributed by atoms with Gasteiger partial charge in [-0.1, -0.05) is 11.2 Å². The minimum absolute atomic E-state index is 0.110. The number of benzene rings is 1. The molecule has 19 heavy (non-hydrogen) atoms. The number of nitrogens with two attached hydrogens (primary N) is 1. The SMILES string of the molecule is Nc1oncc1-c1ccc2oc(C(F)(F)F)cc2c1. The van der Waals surface area contributed by atoms with Crippen LogP contribution >= 0.6 is 0 Å². The Morgan fingerprint density at radius 3 is 2.58 bits per heavy atom. The van der Waals surface area contributed by atoms with E-state index in [0.29, 0.717) is 16.5 Å². The maximum atomic E-state index is 12.5. The molecule has 0 aliphatic heterocycles. The molecule has 0 fully saturated rings. The van der Waals surface area contributed by atoms with Gasteiger partial charge in [-0.2, -0.15) is 13.2 Å². The average molecular weight is 268 g/mol. The largest absolute Gasteiger partial charge is 0.452 e. The number of anilines is 1. The third-order valence-corrected chi connectivity index (χ3v) is 2.71. The molecule has 3 rings (SSSR count). The van der Waals surface area contributed by atoms with Crippen LogP contribution in [0.4, 0.5) is 19.1 Å². The highest BCUT2D eigenvalue weighted by molar-refractivity contribution is 5.85. The van der Waals surface area contributed by atoms with Crippen molar-refractivity contribution in [2.24, 2.45) is 0 Å². The Morgan fingerprint density at radius 2 is 1.95 bits per heavy atom. The molecule has 0 aliphatic rings. The summed E-state index contributed by atoms with van der Waals surface area (Å²) in [6.07, 6.45) is -3.10. The van der Waals surface area contributed by atoms with E-state index in [1.54, 1.807) is 6.07 Å². The van der Waals surface area contributed by atoms with Crippen molar-refractivity contribution >= 4 is 16.9 Å². The number of fused-ring (bicyclic) bond motifs is 1. The van der Waals surface area contributed by atoms with E-state index in [9.17, 15) is 13.2 Å². The van der Waals surface area contributed by atoms with Crippen molar-refractivity contribution in [2.45, 2.75) is 6.18 Å². The topological polar surface area (TPSA) is 65.2 Å². The smallest absolute Gasteiger partial charge is 0.449 e. The van der Waals surface area contributed by atoms with Crippen LogP contribution in [0.2, 0.25) is 0 Å². The van der Waals surface area contributed by atoms with Crippen LogP contribution in [0.5, 0.6) is 0 Å². The number of aromatic nitrogens is 1. The zero-order chi connectivity index (χ0) is 13.6. The molecule has 0 spiro atoms. The summed E-state index contributed by atoms with van der Waals surface area (Å²) in [5.74, 6) is -0.920. The van der Waals surface area contributed by atoms with E-state index < -0.39 is 11.9 Å². The lowest BCUT2D eigenvalue weighted by Gasteiger charge is -1.99. The molecule has 0 radical (unpaired) electrons. The summed E-state index contributed by atoms with van der Waals surface area (Å²) in [7, 11) is 0. The summed E-state index contributed by atoms with van der Waals surface area (Å²) in [5.41, 5.74) is 6.85. The second-order valence-electron chi connectivity index (χ2n) is 3.96. The van der Waals surface area contributed by atoms with E-state index in [0.717, 1.165) is 6.07 Å². The van der Waals surface area contributed by atoms with Gasteiger partial charge in [0.15, 0.2) is 0 Å². The third kappa shape index (κ3) is 1.92. The number of alkyl halides is 3. The van der Waals surface area contributed by atoms with Crippen molar-refractivity contribution in [1.82, 2.24) is 5.16 Å². The number of halogens is 3. The minimum atomic E-state index is -4.50. The standard InChI is InChI=1S/C12H7F3N2O2/c13-12(14,15)10-4-7-3-6(1-2-9(7)18-10)8-5-17-19-11(8)16/h1-5H,16H2. The average Bonchev–Trinajstić information content (AvgIpc) is 2.92. The molecule has 1 aromatic carbocycles. The van der Waals surface area contributed by atoms with Crippen LogP contribution in [-0.2, 0) is 6.18 Å². The van der Waals surface area contributed by atoms with Gasteiger partial charge in [0.2, 0.25) is 11.6 Å². The van der Waals surface area contributed by atoms with Crippen molar-refractivity contribution in [3.05, 3.63) is 36.2 Å². The first-order valence-corrected chi connectivity index (χ1v) is 5.26. The summed E-state index contributed by atoms with van der Waals surface area (Å²) in [5, 5.41) is 3.86. The molecular weight excluding hydrogens is 261 g/mol. The molecule has 3 aromatic rings. The zero-order valence-electron chi connectivity index (χ0n) is 9.36. The maximum absolute atomic E-state index is 12.5. The van der Waals surface area contributed by atoms with Crippen LogP contribution < -0.4 is 5.73 Å². The molecule has 0 saturated carbocycles. The fourth-order valence-electron chi connectivity index (χ4n) is 1.82. The van der Waals surface area contributed by atoms with Gasteiger partial charge in [-0.3, -0.25) is 0 Å². The van der Waals surface area contributed by atoms with E-state index in [1.165, 1.54) is 18.3 Å². The number of nitrogen functional groups attached to an aromatic ring is 1. The summed E-state index contributed by atoms with van der Waals surface area (Å²) in [4.78, 5) is 0. The van der Waals surface area contributed by atoms with Crippen LogP contribution in [0.15, 0.2) is 39.4 Å². The van der Waals surface area contributed by atoms with E-state index in [1.807, 2.05) is 0 Å². The highest BCUT2D eigenvalue weighted by Crippen LogP contribution is 2.35. The Kier molecular flexibility index (Phi) is 2.31. The van der Waals surface area contributed by atoms with Gasteiger partial charge in [0.1, 0.15) is 5.58 Å². The first kappa shape index (κ1) is 11.6. The molecule has 0 bridgehead atoms. The third-order valence-electron chi connectivity index (χ3n) is 2.71. The van der Waals surface area contributed by atoms with Crippen LogP contribution in [0.1, 0.15) is 5.76 Å². The molecule has 2 N–H and O–H groups in total. The lowest BCUT2D eigenvalue weighted by Crippen LogP contribution is -2.01. The summed E-state index contributed by atoms with van der Waals surface area (Å²) in [6.45, 7) is 0. The van der Waals surface area contributed by atoms with Crippen LogP contribution in [0.3, 0.4) is 0 Å². The molecular formula is C12H7F3N2O2. The number of hydrogen-bond donors (Lipinski definition) is 1. The molecule has 2 heterocycles. The molecule has 0 saturated heterocycles. The quantitative estimate of drug-likeness (QED) is 0.731. The minimum Gasteiger partial charge on any atom is -0.452 e. The van der Waals surface area contributed by atoms with E-state index in [-0.39, 0.29) is 11.5 Å². The summed E-state index contributed by atoms with van der Waals surface area (Å²) >= 11 is 0. The zero-order valence-corrected chi connectivity index (χ0v) is 9.36. The first-order chi connectivity index (χ1) is 8.95. The molecule has 0 atom stereocenters. The molecule has 0 amide bonds. The predicted octanol–water partition coefficient (Wildman–Crippen LogP) is 3.69. The number of hydrogen-bond acceptors (Lipinski definition) is 4. The van der Waals surface area contributed by atoms with Crippen molar-refractivity contribution < 1.29 is 22.1 Å². The van der Waals surface area contributed by atoms with E-state index >= 15 is 0 Å². The lowest BCUT2D eigenvalue weighted by atomic mass is 10.1. The van der Waals surface area contributed by atoms with Crippen molar-refractivity contribution in [3.8, 4) is 11.1 Å². The monoisotopic (exact) mass is 268 g/mol. The molecule has 7 heteroatoms. The summed E-state index contributed by atoms with van der Waals surface area (Å²) in [6, 6.07) is 5.53. The van der Waals surface area contributed by atoms with Crippen LogP contribution in [0.25, 0.3) is 22.1 Å². The second-order valence-corrected chi connectivity index (χ2v) is 3.96. The Hall–Kier alpha value is -2.44. The van der Waals surface area contributed by atoms with Crippen molar-refractivity contribution in [2.75, 3.05) is 5.73 Å². The normalized spacial score (nSPS) is 12.2. The molecule has 0 aliphatic carbocycles. The number of nitrogens with zero attached hydrogens (tertiary/aromatic N) is 1. The number of furan rings is 1. The van der Waals surface area contributed by atoms with E-state index in [2.05, 4.69) is 5.16 Å². The van der Waals surface area contributed by atoms with Gasteiger partial charge in [-0.05, 0) is 23.8 Å². The van der Waals surface area contributed by atoms with Crippen LogP contribution in [0, 0.1) is 0 Å². The molecule has 0 unspecified atom stereocenters. The molecule has 2 aromatic heterocycles. The van der Waals surface area contributed by atoms with E-state index in [4.69, 9.17) is 14.7 Å². The van der Waals surface area contributed by atoms with Gasteiger partial charge in [-0.25, -0.2) is 0 Å². The lowest BCUT2D eigenvalue weighted by molar-refractivity contribution is -0.152. The Labute approximate surface area is 104 Å². The van der Waals surface area contributed by atoms with Crippen molar-refractivity contribution in [3.63, 3.8) is 0 Å². The second kappa shape index (κ2) is 3.78. The predicted molar refractivity (Wildman–Crippen MR) is 61.1 cm³/mol. The van der Waals surface area contributed by atoms with Gasteiger partial charge in [0, 0.05) is 5.39 Å². The fraction of sp³-hybridized carbons (Fsp3) is 0.0833. The Morgan fingerprint density at radius 1 is 1.16 bits per heavy atom. The fourth-order valence-corrected chi connectivity index (χ4v) is 1.82. The van der Waals surface area contributed by atoms with Gasteiger partial charge >= 0.3 is 6.18 Å². The maximum Gasteiger partial charge on any atom is 0.449 e. The Balaban J connectivity index is 2.14. The molecule has 4 nitrogen and oxygen atoms in total. The van der Waals surface area contributed by atoms with Gasteiger partial charge in [-0.15, -0.1) is 0 Å². The van der Waals surface area contributed by atoms with Crippen LogP contribution in [-0.4, -0.2) is 5.16 Å². The summed E-state index contributed by atoms with van der Waals surface area (Å²) < 4.78 is 47.0. The molecule has 98 valence electrons. The number of rotatable bonds is 1. The highest BCUT2D eigenvalue weighted by atomic mass is 19.4. The van der Waals surface area contributed by atoms with Gasteiger partial charge in [0.05, 0.1) is 11.8 Å². The van der Waals surface area contributed by atoms with Crippen molar-refractivity contribution in [1.29, 1.82) is 0 Å². The Bertz CT molecular complexity index is 743.